The number of hydrogen-bond donors (Lipinski definition) is 0. The van der Waals surface area contributed by atoms with E-state index in [2.05, 4.69) is 22.6 Å². The van der Waals surface area contributed by atoms with Crippen LogP contribution < -0.4 is 9.47 Å². The minimum Gasteiger partial charge on any atom is -0.490 e. The van der Waals surface area contributed by atoms with Crippen LogP contribution in [0.4, 0.5) is 9.18 Å². The van der Waals surface area contributed by atoms with Crippen LogP contribution in [-0.4, -0.2) is 29.7 Å². The van der Waals surface area contributed by atoms with Crippen molar-refractivity contribution >= 4 is 51.6 Å². The number of imide groups is 1. The Bertz CT molecular complexity index is 946. The van der Waals surface area contributed by atoms with Gasteiger partial charge in [0.2, 0.25) is 0 Å². The second-order valence-corrected chi connectivity index (χ2v) is 8.07. The number of amides is 2. The molecule has 8 heteroatoms. The summed E-state index contributed by atoms with van der Waals surface area (Å²) in [7, 11) is 1.46. The van der Waals surface area contributed by atoms with E-state index in [1.165, 1.54) is 19.2 Å². The molecule has 1 aliphatic heterocycles. The lowest BCUT2D eigenvalue weighted by Gasteiger charge is -2.15. The Balaban J connectivity index is 1.86. The molecular weight excluding hydrogens is 496 g/mol. The lowest BCUT2D eigenvalue weighted by Crippen LogP contribution is -2.22. The molecule has 1 saturated heterocycles. The molecule has 0 bridgehead atoms. The van der Waals surface area contributed by atoms with Crippen LogP contribution in [0.1, 0.15) is 18.1 Å². The summed E-state index contributed by atoms with van der Waals surface area (Å²) >= 11 is 3.04. The van der Waals surface area contributed by atoms with E-state index in [-0.39, 0.29) is 23.6 Å². The molecule has 0 saturated carbocycles. The van der Waals surface area contributed by atoms with Crippen molar-refractivity contribution in [2.75, 3.05) is 13.7 Å². The zero-order valence-electron chi connectivity index (χ0n) is 15.2. The molecule has 0 atom stereocenters. The number of ether oxygens (including phenoxy) is 2. The molecule has 0 spiro atoms. The van der Waals surface area contributed by atoms with Gasteiger partial charge in [0.15, 0.2) is 11.5 Å². The largest absolute Gasteiger partial charge is 0.490 e. The third-order valence-corrected chi connectivity index (χ3v) is 5.67. The Morgan fingerprint density at radius 3 is 2.50 bits per heavy atom. The van der Waals surface area contributed by atoms with Crippen LogP contribution in [0.5, 0.6) is 11.5 Å². The molecule has 5 nitrogen and oxygen atoms in total. The second kappa shape index (κ2) is 8.95. The number of hydrogen-bond acceptors (Lipinski definition) is 5. The highest BCUT2D eigenvalue weighted by molar-refractivity contribution is 14.1. The van der Waals surface area contributed by atoms with Crippen LogP contribution in [0.25, 0.3) is 6.08 Å². The fourth-order valence-corrected chi connectivity index (χ4v) is 4.12. The van der Waals surface area contributed by atoms with Crippen molar-refractivity contribution < 1.29 is 23.5 Å². The van der Waals surface area contributed by atoms with Gasteiger partial charge in [-0.15, -0.1) is 0 Å². The van der Waals surface area contributed by atoms with Gasteiger partial charge in [0.25, 0.3) is 11.1 Å². The average Bonchev–Trinajstić information content (AvgIpc) is 2.89. The second-order valence-electron chi connectivity index (χ2n) is 5.92. The fraction of sp³-hybridized carbons (Fsp3) is 0.200. The van der Waals surface area contributed by atoms with E-state index < -0.39 is 0 Å². The van der Waals surface area contributed by atoms with E-state index >= 15 is 0 Å². The number of halogens is 2. The van der Waals surface area contributed by atoms with Crippen molar-refractivity contribution in [2.45, 2.75) is 13.5 Å². The number of rotatable bonds is 6. The van der Waals surface area contributed by atoms with Crippen molar-refractivity contribution in [1.82, 2.24) is 4.90 Å². The minimum atomic E-state index is -0.320. The van der Waals surface area contributed by atoms with E-state index in [0.717, 1.165) is 31.4 Å². The Morgan fingerprint density at radius 2 is 1.89 bits per heavy atom. The lowest BCUT2D eigenvalue weighted by atomic mass is 10.1. The minimum absolute atomic E-state index is 0.268. The topological polar surface area (TPSA) is 55.8 Å². The highest BCUT2D eigenvalue weighted by Crippen LogP contribution is 2.37. The zero-order valence-corrected chi connectivity index (χ0v) is 18.2. The summed E-state index contributed by atoms with van der Waals surface area (Å²) in [6.07, 6.45) is 1.67. The van der Waals surface area contributed by atoms with Gasteiger partial charge in [-0.05, 0) is 82.7 Å². The molecule has 2 aromatic rings. The van der Waals surface area contributed by atoms with Gasteiger partial charge in [-0.1, -0.05) is 12.1 Å². The third kappa shape index (κ3) is 4.67. The van der Waals surface area contributed by atoms with E-state index in [9.17, 15) is 14.0 Å². The third-order valence-electron chi connectivity index (χ3n) is 3.91. The molecular formula is C20H17FINO4S. The summed E-state index contributed by atoms with van der Waals surface area (Å²) in [6, 6.07) is 9.73. The van der Waals surface area contributed by atoms with Gasteiger partial charge in [0, 0.05) is 7.05 Å². The van der Waals surface area contributed by atoms with E-state index in [1.807, 2.05) is 13.0 Å². The number of carbonyl (C=O) groups excluding carboxylic acids is 2. The molecule has 2 aromatic carbocycles. The number of carbonyl (C=O) groups is 2. The van der Waals surface area contributed by atoms with Crippen LogP contribution in [-0.2, 0) is 11.4 Å². The van der Waals surface area contributed by atoms with Crippen LogP contribution in [0.2, 0.25) is 0 Å². The van der Waals surface area contributed by atoms with Gasteiger partial charge in [0.1, 0.15) is 12.4 Å². The summed E-state index contributed by atoms with van der Waals surface area (Å²) in [6.45, 7) is 2.58. The van der Waals surface area contributed by atoms with Crippen LogP contribution in [0.3, 0.4) is 0 Å². The summed E-state index contributed by atoms with van der Waals surface area (Å²) < 4.78 is 25.5. The Hall–Kier alpha value is -2.07. The van der Waals surface area contributed by atoms with Gasteiger partial charge >= 0.3 is 0 Å². The number of likely N-dealkylation sites (N-methyl/N-ethyl adjacent to an activating group) is 1. The predicted molar refractivity (Wildman–Crippen MR) is 115 cm³/mol. The van der Waals surface area contributed by atoms with Gasteiger partial charge in [-0.3, -0.25) is 14.5 Å². The highest BCUT2D eigenvalue weighted by atomic mass is 127. The van der Waals surface area contributed by atoms with E-state index in [1.54, 1.807) is 24.3 Å². The molecule has 2 amide bonds. The molecule has 28 heavy (non-hydrogen) atoms. The summed E-state index contributed by atoms with van der Waals surface area (Å²) in [5, 5.41) is -0.296. The smallest absolute Gasteiger partial charge is 0.293 e. The molecule has 0 N–H and O–H groups in total. The number of thioether (sulfide) groups is 1. The first-order valence-electron chi connectivity index (χ1n) is 8.44. The summed E-state index contributed by atoms with van der Waals surface area (Å²) in [5.41, 5.74) is 1.57. The first-order valence-corrected chi connectivity index (χ1v) is 10.3. The van der Waals surface area contributed by atoms with Gasteiger partial charge in [-0.25, -0.2) is 4.39 Å². The first-order chi connectivity index (χ1) is 13.4. The molecule has 0 unspecified atom stereocenters. The van der Waals surface area contributed by atoms with Crippen molar-refractivity contribution in [3.63, 3.8) is 0 Å². The van der Waals surface area contributed by atoms with Crippen LogP contribution in [0.15, 0.2) is 41.3 Å². The maximum absolute atomic E-state index is 13.0. The Morgan fingerprint density at radius 1 is 1.18 bits per heavy atom. The van der Waals surface area contributed by atoms with E-state index in [4.69, 9.17) is 9.47 Å². The summed E-state index contributed by atoms with van der Waals surface area (Å²) in [4.78, 5) is 25.2. The SMILES string of the molecule is CCOc1cc(/C=C2\SC(=O)N(C)C2=O)cc(I)c1OCc1ccc(F)cc1. The van der Waals surface area contributed by atoms with Gasteiger partial charge in [-0.2, -0.15) is 0 Å². The molecule has 146 valence electrons. The molecule has 3 rings (SSSR count). The highest BCUT2D eigenvalue weighted by Gasteiger charge is 2.31. The van der Waals surface area contributed by atoms with Gasteiger partial charge in [0.05, 0.1) is 15.1 Å². The normalized spacial score (nSPS) is 15.4. The molecule has 0 aliphatic carbocycles. The first kappa shape index (κ1) is 20.7. The van der Waals surface area contributed by atoms with Crippen molar-refractivity contribution in [3.8, 4) is 11.5 Å². The quantitative estimate of drug-likeness (QED) is 0.399. The Kier molecular flexibility index (Phi) is 6.61. The number of nitrogens with zero attached hydrogens (tertiary/aromatic N) is 1. The maximum Gasteiger partial charge on any atom is 0.293 e. The molecule has 1 aliphatic rings. The van der Waals surface area contributed by atoms with Crippen molar-refractivity contribution in [1.29, 1.82) is 0 Å². The summed E-state index contributed by atoms with van der Waals surface area (Å²) in [5.74, 6) is 0.500. The lowest BCUT2D eigenvalue weighted by molar-refractivity contribution is -0.121. The fourth-order valence-electron chi connectivity index (χ4n) is 2.51. The molecule has 1 heterocycles. The monoisotopic (exact) mass is 513 g/mol. The van der Waals surface area contributed by atoms with Crippen molar-refractivity contribution in [3.05, 3.63) is 61.8 Å². The van der Waals surface area contributed by atoms with E-state index in [0.29, 0.717) is 23.0 Å². The van der Waals surface area contributed by atoms with Crippen molar-refractivity contribution in [2.24, 2.45) is 0 Å². The molecule has 1 fully saturated rings. The molecule has 0 radical (unpaired) electrons. The zero-order chi connectivity index (χ0) is 20.3. The van der Waals surface area contributed by atoms with Crippen LogP contribution in [0, 0.1) is 9.39 Å². The van der Waals surface area contributed by atoms with Gasteiger partial charge < -0.3 is 9.47 Å². The predicted octanol–water partition coefficient (Wildman–Crippen LogP) is 5.07. The standard InChI is InChI=1S/C20H17FINO4S/c1-3-26-16-9-13(10-17-19(24)23(2)20(25)28-17)8-15(22)18(16)27-11-12-4-6-14(21)7-5-12/h4-10H,3,11H2,1-2H3/b17-10-. The molecule has 0 aromatic heterocycles. The van der Waals surface area contributed by atoms with Crippen LogP contribution >= 0.6 is 34.4 Å². The maximum atomic E-state index is 13.0. The number of benzene rings is 2. The Labute approximate surface area is 180 Å². The average molecular weight is 513 g/mol.